The zero-order valence-electron chi connectivity index (χ0n) is 12.8. The van der Waals surface area contributed by atoms with Gasteiger partial charge in [0.1, 0.15) is 5.65 Å². The van der Waals surface area contributed by atoms with Crippen molar-refractivity contribution >= 4 is 28.7 Å². The Morgan fingerprint density at radius 2 is 1.86 bits per heavy atom. The molecular formula is C17H18N4S. The highest BCUT2D eigenvalue weighted by Gasteiger charge is 2.10. The Morgan fingerprint density at radius 1 is 1.14 bits per heavy atom. The fourth-order valence-corrected chi connectivity index (χ4v) is 2.57. The summed E-state index contributed by atoms with van der Waals surface area (Å²) >= 11 is 5.10. The van der Waals surface area contributed by atoms with Gasteiger partial charge in [-0.15, -0.1) is 0 Å². The van der Waals surface area contributed by atoms with Crippen molar-refractivity contribution in [3.8, 4) is 11.3 Å². The molecule has 0 aliphatic rings. The summed E-state index contributed by atoms with van der Waals surface area (Å²) in [7, 11) is 1.80. The number of fused-ring (bicyclic) bond motifs is 1. The molecule has 2 aromatic heterocycles. The molecule has 0 fully saturated rings. The predicted molar refractivity (Wildman–Crippen MR) is 95.4 cm³/mol. The van der Waals surface area contributed by atoms with Gasteiger partial charge in [0.15, 0.2) is 5.11 Å². The van der Waals surface area contributed by atoms with Crippen molar-refractivity contribution in [1.82, 2.24) is 14.7 Å². The van der Waals surface area contributed by atoms with Crippen LogP contribution in [-0.4, -0.2) is 21.5 Å². The van der Waals surface area contributed by atoms with E-state index in [0.717, 1.165) is 28.3 Å². The average Bonchev–Trinajstić information content (AvgIpc) is 2.84. The van der Waals surface area contributed by atoms with Crippen LogP contribution in [0.5, 0.6) is 0 Å². The maximum absolute atomic E-state index is 5.10. The largest absolute Gasteiger partial charge is 0.366 e. The first kappa shape index (κ1) is 14.5. The molecule has 4 nitrogen and oxygen atoms in total. The lowest BCUT2D eigenvalue weighted by Crippen LogP contribution is -2.23. The van der Waals surface area contributed by atoms with Crippen LogP contribution in [0.15, 0.2) is 42.6 Å². The predicted octanol–water partition coefficient (Wildman–Crippen LogP) is 3.53. The third kappa shape index (κ3) is 2.67. The van der Waals surface area contributed by atoms with Crippen LogP contribution in [0.3, 0.4) is 0 Å². The van der Waals surface area contributed by atoms with E-state index in [1.165, 1.54) is 5.56 Å². The van der Waals surface area contributed by atoms with Gasteiger partial charge >= 0.3 is 0 Å². The minimum absolute atomic E-state index is 0.604. The molecular weight excluding hydrogens is 292 g/mol. The van der Waals surface area contributed by atoms with Crippen LogP contribution >= 0.6 is 12.2 Å². The second kappa shape index (κ2) is 5.77. The molecule has 5 heteroatoms. The van der Waals surface area contributed by atoms with E-state index in [1.54, 1.807) is 7.05 Å². The molecule has 0 saturated heterocycles. The van der Waals surface area contributed by atoms with E-state index in [9.17, 15) is 0 Å². The number of nitrogens with zero attached hydrogens (tertiary/aromatic N) is 2. The summed E-state index contributed by atoms with van der Waals surface area (Å²) < 4.78 is 2.12. The summed E-state index contributed by atoms with van der Waals surface area (Å²) in [5, 5.41) is 6.61. The number of nitrogens with one attached hydrogen (secondary N) is 2. The summed E-state index contributed by atoms with van der Waals surface area (Å²) in [6, 6.07) is 12.3. The number of pyridine rings is 1. The topological polar surface area (TPSA) is 41.4 Å². The first-order valence-corrected chi connectivity index (χ1v) is 7.54. The first-order chi connectivity index (χ1) is 10.6. The Labute approximate surface area is 135 Å². The zero-order valence-corrected chi connectivity index (χ0v) is 13.7. The molecule has 0 atom stereocenters. The monoisotopic (exact) mass is 310 g/mol. The Morgan fingerprint density at radius 3 is 2.55 bits per heavy atom. The molecule has 0 bridgehead atoms. The molecule has 0 spiro atoms. The molecule has 0 unspecified atom stereocenters. The normalized spacial score (nSPS) is 10.7. The smallest absolute Gasteiger partial charge is 0.170 e. The van der Waals surface area contributed by atoms with E-state index in [-0.39, 0.29) is 0 Å². The Bertz CT molecular complexity index is 834. The van der Waals surface area contributed by atoms with Gasteiger partial charge in [0.25, 0.3) is 0 Å². The molecule has 2 N–H and O–H groups in total. The Balaban J connectivity index is 1.97. The number of aryl methyl sites for hydroxylation is 2. The van der Waals surface area contributed by atoms with Crippen LogP contribution < -0.4 is 10.6 Å². The molecule has 0 aliphatic heterocycles. The number of aromatic nitrogens is 2. The summed E-state index contributed by atoms with van der Waals surface area (Å²) in [5.74, 6) is 0. The molecule has 0 amide bonds. The molecule has 0 aliphatic carbocycles. The van der Waals surface area contributed by atoms with Crippen molar-refractivity contribution in [2.24, 2.45) is 0 Å². The molecule has 112 valence electrons. The summed E-state index contributed by atoms with van der Waals surface area (Å²) in [4.78, 5) is 4.75. The molecule has 1 aromatic carbocycles. The third-order valence-corrected chi connectivity index (χ3v) is 3.97. The molecule has 3 aromatic rings. The van der Waals surface area contributed by atoms with Gasteiger partial charge < -0.3 is 15.0 Å². The van der Waals surface area contributed by atoms with Gasteiger partial charge in [-0.05, 0) is 55.9 Å². The number of hydrogen-bond acceptors (Lipinski definition) is 2. The fraction of sp³-hybridized carbons (Fsp3) is 0.176. The van der Waals surface area contributed by atoms with Crippen LogP contribution in [0, 0.1) is 13.8 Å². The minimum atomic E-state index is 0.604. The van der Waals surface area contributed by atoms with Gasteiger partial charge in [-0.3, -0.25) is 0 Å². The molecule has 0 radical (unpaired) electrons. The van der Waals surface area contributed by atoms with Crippen molar-refractivity contribution in [3.63, 3.8) is 0 Å². The van der Waals surface area contributed by atoms with E-state index in [1.807, 2.05) is 12.1 Å². The highest BCUT2D eigenvalue weighted by molar-refractivity contribution is 7.80. The van der Waals surface area contributed by atoms with Gasteiger partial charge in [-0.1, -0.05) is 12.1 Å². The molecule has 2 heterocycles. The number of benzene rings is 1. The maximum Gasteiger partial charge on any atom is 0.170 e. The van der Waals surface area contributed by atoms with Gasteiger partial charge in [0.05, 0.1) is 5.69 Å². The summed E-state index contributed by atoms with van der Waals surface area (Å²) in [6.07, 6.45) is 2.07. The van der Waals surface area contributed by atoms with E-state index >= 15 is 0 Å². The second-order valence-electron chi connectivity index (χ2n) is 5.26. The highest BCUT2D eigenvalue weighted by Crippen LogP contribution is 2.25. The van der Waals surface area contributed by atoms with Crippen molar-refractivity contribution in [2.75, 3.05) is 12.4 Å². The molecule has 22 heavy (non-hydrogen) atoms. The standard InChI is InChI=1S/C17H18N4S/c1-11-8-9-21-12(2)16(20-15(21)10-11)13-4-6-14(7-5-13)19-17(22)18-3/h4-10H,1-3H3,(H2,18,19,22). The van der Waals surface area contributed by atoms with E-state index < -0.39 is 0 Å². The lowest BCUT2D eigenvalue weighted by atomic mass is 10.1. The van der Waals surface area contributed by atoms with Crippen LogP contribution in [0.1, 0.15) is 11.3 Å². The third-order valence-electron chi connectivity index (χ3n) is 3.66. The molecule has 3 rings (SSSR count). The van der Waals surface area contributed by atoms with Crippen molar-refractivity contribution in [2.45, 2.75) is 13.8 Å². The van der Waals surface area contributed by atoms with Crippen LogP contribution in [0.25, 0.3) is 16.9 Å². The van der Waals surface area contributed by atoms with E-state index in [4.69, 9.17) is 17.2 Å². The fourth-order valence-electron chi connectivity index (χ4n) is 2.45. The van der Waals surface area contributed by atoms with Crippen molar-refractivity contribution in [1.29, 1.82) is 0 Å². The van der Waals surface area contributed by atoms with Crippen molar-refractivity contribution in [3.05, 3.63) is 53.9 Å². The molecule has 0 saturated carbocycles. The minimum Gasteiger partial charge on any atom is -0.366 e. The number of thiocarbonyl (C=S) groups is 1. The number of imidazole rings is 1. The lowest BCUT2D eigenvalue weighted by Gasteiger charge is -2.07. The highest BCUT2D eigenvalue weighted by atomic mass is 32.1. The SMILES string of the molecule is CNC(=S)Nc1ccc(-c2nc3cc(C)ccn3c2C)cc1. The van der Waals surface area contributed by atoms with E-state index in [0.29, 0.717) is 5.11 Å². The quantitative estimate of drug-likeness (QED) is 0.711. The van der Waals surface area contributed by atoms with Gasteiger partial charge in [0, 0.05) is 30.2 Å². The Hall–Kier alpha value is -2.40. The number of rotatable bonds is 2. The van der Waals surface area contributed by atoms with Gasteiger partial charge in [-0.2, -0.15) is 0 Å². The van der Waals surface area contributed by atoms with Gasteiger partial charge in [0.2, 0.25) is 0 Å². The van der Waals surface area contributed by atoms with Crippen LogP contribution in [-0.2, 0) is 0 Å². The Kier molecular flexibility index (Phi) is 3.81. The summed E-state index contributed by atoms with van der Waals surface area (Å²) in [5.41, 5.74) is 6.39. The van der Waals surface area contributed by atoms with E-state index in [2.05, 4.69) is 59.3 Å². The lowest BCUT2D eigenvalue weighted by molar-refractivity contribution is 1.10. The second-order valence-corrected chi connectivity index (χ2v) is 5.67. The number of hydrogen-bond donors (Lipinski definition) is 2. The zero-order chi connectivity index (χ0) is 15.7. The summed E-state index contributed by atoms with van der Waals surface area (Å²) in [6.45, 7) is 4.17. The number of anilines is 1. The maximum atomic E-state index is 5.10. The van der Waals surface area contributed by atoms with Crippen molar-refractivity contribution < 1.29 is 0 Å². The van der Waals surface area contributed by atoms with Crippen LogP contribution in [0.2, 0.25) is 0 Å². The van der Waals surface area contributed by atoms with Gasteiger partial charge in [-0.25, -0.2) is 4.98 Å². The van der Waals surface area contributed by atoms with Crippen LogP contribution in [0.4, 0.5) is 5.69 Å². The average molecular weight is 310 g/mol. The first-order valence-electron chi connectivity index (χ1n) is 7.13.